The average Bonchev–Trinajstić information content (AvgIpc) is 3.39. The molecule has 26 heavy (non-hydrogen) atoms. The molecule has 0 saturated carbocycles. The van der Waals surface area contributed by atoms with Gasteiger partial charge in [0.1, 0.15) is 6.10 Å². The van der Waals surface area contributed by atoms with Gasteiger partial charge in [-0.25, -0.2) is 0 Å². The van der Waals surface area contributed by atoms with E-state index in [0.29, 0.717) is 0 Å². The Morgan fingerprint density at radius 3 is 1.96 bits per heavy atom. The van der Waals surface area contributed by atoms with Crippen LogP contribution in [0.25, 0.3) is 0 Å². The molecule has 0 aromatic heterocycles. The fourth-order valence-electron chi connectivity index (χ4n) is 4.37. The molecule has 1 fully saturated rings. The molecule has 1 heterocycles. The van der Waals surface area contributed by atoms with Crippen molar-refractivity contribution in [1.29, 1.82) is 0 Å². The van der Waals surface area contributed by atoms with Crippen molar-refractivity contribution in [3.05, 3.63) is 108 Å². The van der Waals surface area contributed by atoms with Crippen molar-refractivity contribution in [2.75, 3.05) is 6.54 Å². The van der Waals surface area contributed by atoms with E-state index in [1.54, 1.807) is 0 Å². The number of nitrogens with zero attached hydrogens (tertiary/aromatic N) is 1. The van der Waals surface area contributed by atoms with E-state index >= 15 is 0 Å². The standard InChI is InChI=1S/C24H25NO/c1-2-18-25-22(19-12-6-3-7-13-19)24(25,21-16-10-5-11-17-21)23(26)20-14-8-4-9-15-20/h3-17,22-23,26H,2,18H2,1H3/t22?,23-,24?,25?/m0/s1. The Bertz CT molecular complexity index is 834. The van der Waals surface area contributed by atoms with Gasteiger partial charge in [0, 0.05) is 0 Å². The topological polar surface area (TPSA) is 23.2 Å². The number of hydrogen-bond donors (Lipinski definition) is 1. The molecule has 2 nitrogen and oxygen atoms in total. The first kappa shape index (κ1) is 17.0. The molecule has 1 aliphatic heterocycles. The maximum Gasteiger partial charge on any atom is 0.103 e. The highest BCUT2D eigenvalue weighted by molar-refractivity contribution is 5.45. The molecule has 1 aliphatic rings. The smallest absolute Gasteiger partial charge is 0.103 e. The highest BCUT2D eigenvalue weighted by atomic mass is 16.3. The largest absolute Gasteiger partial charge is 0.386 e. The molecule has 0 bridgehead atoms. The van der Waals surface area contributed by atoms with Crippen LogP contribution >= 0.6 is 0 Å². The Balaban J connectivity index is 1.86. The second-order valence-corrected chi connectivity index (χ2v) is 7.01. The summed E-state index contributed by atoms with van der Waals surface area (Å²) in [7, 11) is 0. The lowest BCUT2D eigenvalue weighted by atomic mass is 9.83. The van der Waals surface area contributed by atoms with Crippen molar-refractivity contribution in [2.24, 2.45) is 0 Å². The summed E-state index contributed by atoms with van der Waals surface area (Å²) in [5.41, 5.74) is 2.99. The Hall–Kier alpha value is -2.42. The van der Waals surface area contributed by atoms with E-state index in [0.717, 1.165) is 18.5 Å². The van der Waals surface area contributed by atoms with Gasteiger partial charge in [-0.05, 0) is 29.7 Å². The zero-order chi connectivity index (χ0) is 18.0. The van der Waals surface area contributed by atoms with Gasteiger partial charge in [-0.2, -0.15) is 0 Å². The summed E-state index contributed by atoms with van der Waals surface area (Å²) >= 11 is 0. The molecule has 4 atom stereocenters. The minimum atomic E-state index is -0.581. The highest BCUT2D eigenvalue weighted by Crippen LogP contribution is 2.65. The Morgan fingerprint density at radius 2 is 1.38 bits per heavy atom. The molecule has 1 saturated heterocycles. The van der Waals surface area contributed by atoms with Crippen molar-refractivity contribution in [3.8, 4) is 0 Å². The van der Waals surface area contributed by atoms with E-state index < -0.39 is 11.6 Å². The van der Waals surface area contributed by atoms with Gasteiger partial charge >= 0.3 is 0 Å². The maximum absolute atomic E-state index is 11.6. The van der Waals surface area contributed by atoms with E-state index in [2.05, 4.69) is 60.4 Å². The van der Waals surface area contributed by atoms with Crippen LogP contribution in [0, 0.1) is 0 Å². The van der Waals surface area contributed by atoms with Crippen LogP contribution in [0.2, 0.25) is 0 Å². The molecule has 132 valence electrons. The minimum Gasteiger partial charge on any atom is -0.386 e. The van der Waals surface area contributed by atoms with E-state index in [-0.39, 0.29) is 6.04 Å². The van der Waals surface area contributed by atoms with Crippen LogP contribution in [-0.4, -0.2) is 16.6 Å². The lowest BCUT2D eigenvalue weighted by Gasteiger charge is -2.25. The van der Waals surface area contributed by atoms with E-state index in [1.807, 2.05) is 42.5 Å². The van der Waals surface area contributed by atoms with Gasteiger partial charge in [-0.1, -0.05) is 97.9 Å². The van der Waals surface area contributed by atoms with Crippen LogP contribution in [-0.2, 0) is 5.54 Å². The molecule has 0 radical (unpaired) electrons. The number of hydrogen-bond acceptors (Lipinski definition) is 2. The third-order valence-corrected chi connectivity index (χ3v) is 5.48. The molecule has 2 heteroatoms. The molecule has 3 unspecified atom stereocenters. The van der Waals surface area contributed by atoms with Crippen LogP contribution in [0.15, 0.2) is 91.0 Å². The minimum absolute atomic E-state index is 0.182. The Morgan fingerprint density at radius 1 is 0.846 bits per heavy atom. The molecular formula is C24H25NO. The van der Waals surface area contributed by atoms with Crippen LogP contribution in [0.5, 0.6) is 0 Å². The fraction of sp³-hybridized carbons (Fsp3) is 0.250. The van der Waals surface area contributed by atoms with Crippen LogP contribution in [0.4, 0.5) is 0 Å². The summed E-state index contributed by atoms with van der Waals surface area (Å²) in [5.74, 6) is 0. The number of aliphatic hydroxyl groups excluding tert-OH is 1. The predicted molar refractivity (Wildman–Crippen MR) is 106 cm³/mol. The van der Waals surface area contributed by atoms with Crippen molar-refractivity contribution < 1.29 is 5.11 Å². The quantitative estimate of drug-likeness (QED) is 0.631. The summed E-state index contributed by atoms with van der Waals surface area (Å²) in [6.45, 7) is 3.16. The second-order valence-electron chi connectivity index (χ2n) is 7.01. The van der Waals surface area contributed by atoms with Crippen LogP contribution in [0.3, 0.4) is 0 Å². The average molecular weight is 343 g/mol. The summed E-state index contributed by atoms with van der Waals surface area (Å²) in [5, 5.41) is 11.6. The molecule has 3 aromatic rings. The molecule has 4 rings (SSSR count). The molecule has 0 amide bonds. The monoisotopic (exact) mass is 343 g/mol. The summed E-state index contributed by atoms with van der Waals surface area (Å²) in [6, 6.07) is 31.3. The third kappa shape index (κ3) is 2.66. The second kappa shape index (κ2) is 7.06. The first-order chi connectivity index (χ1) is 12.8. The lowest BCUT2D eigenvalue weighted by Crippen LogP contribution is -2.26. The van der Waals surface area contributed by atoms with Gasteiger partial charge in [0.25, 0.3) is 0 Å². The summed E-state index contributed by atoms with van der Waals surface area (Å²) < 4.78 is 0. The maximum atomic E-state index is 11.6. The number of aliphatic hydroxyl groups is 1. The van der Waals surface area contributed by atoms with Gasteiger partial charge in [-0.3, -0.25) is 4.90 Å². The molecule has 1 N–H and O–H groups in total. The normalized spacial score (nSPS) is 25.6. The van der Waals surface area contributed by atoms with Gasteiger partial charge in [0.05, 0.1) is 11.6 Å². The SMILES string of the molecule is CCCN1C(c2ccccc2)C1(c1ccccc1)[C@@H](O)c1ccccc1. The third-order valence-electron chi connectivity index (χ3n) is 5.48. The Labute approximate surface area is 155 Å². The van der Waals surface area contributed by atoms with Gasteiger partial charge in [0.2, 0.25) is 0 Å². The molecule has 3 aromatic carbocycles. The molecule has 0 spiro atoms. The zero-order valence-corrected chi connectivity index (χ0v) is 15.1. The summed E-state index contributed by atoms with van der Waals surface area (Å²) in [4.78, 5) is 2.45. The van der Waals surface area contributed by atoms with Gasteiger partial charge < -0.3 is 5.11 Å². The highest BCUT2D eigenvalue weighted by Gasteiger charge is 2.67. The van der Waals surface area contributed by atoms with E-state index in [1.165, 1.54) is 11.1 Å². The lowest BCUT2D eigenvalue weighted by molar-refractivity contribution is 0.102. The predicted octanol–water partition coefficient (Wildman–Crippen LogP) is 5.08. The fourth-order valence-corrected chi connectivity index (χ4v) is 4.37. The van der Waals surface area contributed by atoms with Gasteiger partial charge in [-0.15, -0.1) is 0 Å². The number of benzene rings is 3. The number of rotatable bonds is 6. The molecule has 0 aliphatic carbocycles. The van der Waals surface area contributed by atoms with Crippen LogP contribution in [0.1, 0.15) is 42.2 Å². The Kier molecular flexibility index (Phi) is 4.62. The molecular weight excluding hydrogens is 318 g/mol. The first-order valence-electron chi connectivity index (χ1n) is 9.40. The van der Waals surface area contributed by atoms with Crippen LogP contribution < -0.4 is 0 Å². The first-order valence-corrected chi connectivity index (χ1v) is 9.40. The van der Waals surface area contributed by atoms with Crippen molar-refractivity contribution in [2.45, 2.75) is 31.0 Å². The van der Waals surface area contributed by atoms with E-state index in [4.69, 9.17) is 0 Å². The van der Waals surface area contributed by atoms with Crippen molar-refractivity contribution in [3.63, 3.8) is 0 Å². The van der Waals surface area contributed by atoms with E-state index in [9.17, 15) is 5.11 Å². The van der Waals surface area contributed by atoms with Gasteiger partial charge in [0.15, 0.2) is 0 Å². The summed E-state index contributed by atoms with van der Waals surface area (Å²) in [6.07, 6.45) is 0.474. The van der Waals surface area contributed by atoms with Crippen molar-refractivity contribution in [1.82, 2.24) is 4.90 Å². The zero-order valence-electron chi connectivity index (χ0n) is 15.1. The van der Waals surface area contributed by atoms with Crippen molar-refractivity contribution >= 4 is 0 Å².